The number of hydrogen-bond donors (Lipinski definition) is 2. The van der Waals surface area contributed by atoms with Crippen LogP contribution >= 0.6 is 0 Å². The monoisotopic (exact) mass is 340 g/mol. The number of nitrogens with zero attached hydrogens (tertiary/aromatic N) is 2. The van der Waals surface area contributed by atoms with E-state index in [-0.39, 0.29) is 18.0 Å². The van der Waals surface area contributed by atoms with Crippen molar-refractivity contribution in [3.05, 3.63) is 0 Å². The molecule has 0 aromatic carbocycles. The van der Waals surface area contributed by atoms with Gasteiger partial charge in [0.1, 0.15) is 0 Å². The molecule has 24 heavy (non-hydrogen) atoms. The summed E-state index contributed by atoms with van der Waals surface area (Å²) in [6, 6.07) is -0.160. The van der Waals surface area contributed by atoms with E-state index < -0.39 is 0 Å². The van der Waals surface area contributed by atoms with E-state index in [1.807, 2.05) is 4.90 Å². The normalized spacial score (nSPS) is 22.2. The SMILES string of the molecule is CC(C)CN1CCO[C@@H](CNC(=O)NCCCN2CCCC2=O)C1. The van der Waals surface area contributed by atoms with Gasteiger partial charge in [0.25, 0.3) is 0 Å². The van der Waals surface area contributed by atoms with E-state index in [2.05, 4.69) is 29.4 Å². The van der Waals surface area contributed by atoms with Gasteiger partial charge in [0.05, 0.1) is 12.7 Å². The summed E-state index contributed by atoms with van der Waals surface area (Å²) >= 11 is 0. The number of likely N-dealkylation sites (tertiary alicyclic amines) is 1. The summed E-state index contributed by atoms with van der Waals surface area (Å²) < 4.78 is 5.72. The maximum absolute atomic E-state index is 11.8. The third kappa shape index (κ3) is 6.65. The number of rotatable bonds is 8. The van der Waals surface area contributed by atoms with E-state index in [9.17, 15) is 9.59 Å². The first-order valence-electron chi connectivity index (χ1n) is 9.18. The van der Waals surface area contributed by atoms with Gasteiger partial charge in [0, 0.05) is 52.2 Å². The Bertz CT molecular complexity index is 417. The standard InChI is InChI=1S/C17H32N4O3/c1-14(2)12-20-9-10-24-15(13-20)11-19-17(23)18-6-4-8-21-7-3-5-16(21)22/h14-15H,3-13H2,1-2H3,(H2,18,19,23)/t15-/m0/s1. The lowest BCUT2D eigenvalue weighted by atomic mass is 10.2. The molecule has 1 atom stereocenters. The third-order valence-corrected chi connectivity index (χ3v) is 4.40. The molecule has 0 spiro atoms. The molecule has 0 aliphatic carbocycles. The lowest BCUT2D eigenvalue weighted by Gasteiger charge is -2.33. The summed E-state index contributed by atoms with van der Waals surface area (Å²) in [5, 5.41) is 5.73. The minimum Gasteiger partial charge on any atom is -0.374 e. The molecule has 0 bridgehead atoms. The maximum Gasteiger partial charge on any atom is 0.314 e. The molecular formula is C17H32N4O3. The number of carbonyl (C=O) groups is 2. The van der Waals surface area contributed by atoms with E-state index in [0.29, 0.717) is 25.4 Å². The lowest BCUT2D eigenvalue weighted by Crippen LogP contribution is -2.49. The highest BCUT2D eigenvalue weighted by atomic mass is 16.5. The number of morpholine rings is 1. The van der Waals surface area contributed by atoms with Gasteiger partial charge in [-0.1, -0.05) is 13.8 Å². The van der Waals surface area contributed by atoms with Crippen LogP contribution in [0, 0.1) is 5.92 Å². The summed E-state index contributed by atoms with van der Waals surface area (Å²) in [6.07, 6.45) is 2.48. The van der Waals surface area contributed by atoms with Gasteiger partial charge in [-0.05, 0) is 18.8 Å². The first-order valence-corrected chi connectivity index (χ1v) is 9.18. The fourth-order valence-electron chi connectivity index (χ4n) is 3.27. The molecule has 2 aliphatic heterocycles. The van der Waals surface area contributed by atoms with Gasteiger partial charge in [-0.25, -0.2) is 4.79 Å². The van der Waals surface area contributed by atoms with E-state index in [4.69, 9.17) is 4.74 Å². The highest BCUT2D eigenvalue weighted by Gasteiger charge is 2.21. The van der Waals surface area contributed by atoms with Crippen LogP contribution < -0.4 is 10.6 Å². The molecule has 0 unspecified atom stereocenters. The Labute approximate surface area is 145 Å². The zero-order valence-corrected chi connectivity index (χ0v) is 15.1. The number of nitrogens with one attached hydrogen (secondary N) is 2. The van der Waals surface area contributed by atoms with Crippen LogP contribution in [0.5, 0.6) is 0 Å². The first kappa shape index (κ1) is 19.0. The fourth-order valence-corrected chi connectivity index (χ4v) is 3.27. The van der Waals surface area contributed by atoms with Crippen molar-refractivity contribution in [1.29, 1.82) is 0 Å². The molecule has 0 aromatic heterocycles. The van der Waals surface area contributed by atoms with Gasteiger partial charge in [-0.3, -0.25) is 9.69 Å². The molecule has 2 rings (SSSR count). The van der Waals surface area contributed by atoms with E-state index in [1.54, 1.807) is 0 Å². The van der Waals surface area contributed by atoms with Crippen LogP contribution in [-0.2, 0) is 9.53 Å². The van der Waals surface area contributed by atoms with E-state index in [0.717, 1.165) is 52.2 Å². The van der Waals surface area contributed by atoms with E-state index in [1.165, 1.54) is 0 Å². The lowest BCUT2D eigenvalue weighted by molar-refractivity contribution is -0.127. The van der Waals surface area contributed by atoms with Gasteiger partial charge in [0.15, 0.2) is 0 Å². The van der Waals surface area contributed by atoms with Crippen LogP contribution in [0.15, 0.2) is 0 Å². The first-order chi connectivity index (χ1) is 11.5. The topological polar surface area (TPSA) is 73.9 Å². The molecule has 2 heterocycles. The summed E-state index contributed by atoms with van der Waals surface area (Å²) in [5.41, 5.74) is 0. The minimum absolute atomic E-state index is 0.0606. The molecule has 0 radical (unpaired) electrons. The van der Waals surface area contributed by atoms with Gasteiger partial charge >= 0.3 is 6.03 Å². The molecule has 2 N–H and O–H groups in total. The van der Waals surface area contributed by atoms with Crippen LogP contribution in [0.1, 0.15) is 33.1 Å². The van der Waals surface area contributed by atoms with Crippen LogP contribution in [-0.4, -0.2) is 80.3 Å². The molecule has 2 saturated heterocycles. The summed E-state index contributed by atoms with van der Waals surface area (Å²) in [6.45, 7) is 10.8. The average molecular weight is 340 g/mol. The van der Waals surface area contributed by atoms with Crippen molar-refractivity contribution < 1.29 is 14.3 Å². The second-order valence-corrected chi connectivity index (χ2v) is 7.12. The Balaban J connectivity index is 1.53. The van der Waals surface area contributed by atoms with Crippen molar-refractivity contribution in [1.82, 2.24) is 20.4 Å². The van der Waals surface area contributed by atoms with Crippen LogP contribution in [0.25, 0.3) is 0 Å². The number of ether oxygens (including phenoxy) is 1. The number of amides is 3. The highest BCUT2D eigenvalue weighted by molar-refractivity contribution is 5.78. The summed E-state index contributed by atoms with van der Waals surface area (Å²) in [7, 11) is 0. The quantitative estimate of drug-likeness (QED) is 0.637. The van der Waals surface area contributed by atoms with Gasteiger partial charge in [-0.15, -0.1) is 0 Å². The van der Waals surface area contributed by atoms with E-state index >= 15 is 0 Å². The average Bonchev–Trinajstić information content (AvgIpc) is 2.94. The number of hydrogen-bond acceptors (Lipinski definition) is 4. The molecule has 7 nitrogen and oxygen atoms in total. The Morgan fingerprint density at radius 2 is 2.17 bits per heavy atom. The van der Waals surface area contributed by atoms with Gasteiger partial charge in [0.2, 0.25) is 5.91 Å². The zero-order chi connectivity index (χ0) is 17.4. The Morgan fingerprint density at radius 3 is 2.88 bits per heavy atom. The van der Waals surface area contributed by atoms with Crippen molar-refractivity contribution >= 4 is 11.9 Å². The number of carbonyl (C=O) groups excluding carboxylic acids is 2. The molecule has 0 aromatic rings. The van der Waals surface area contributed by atoms with Crippen molar-refractivity contribution in [2.24, 2.45) is 5.92 Å². The van der Waals surface area contributed by atoms with Gasteiger partial charge < -0.3 is 20.3 Å². The van der Waals surface area contributed by atoms with Crippen molar-refractivity contribution in [3.63, 3.8) is 0 Å². The summed E-state index contributed by atoms with van der Waals surface area (Å²) in [5.74, 6) is 0.877. The van der Waals surface area contributed by atoms with Crippen molar-refractivity contribution in [2.45, 2.75) is 39.2 Å². The van der Waals surface area contributed by atoms with Crippen LogP contribution in [0.2, 0.25) is 0 Å². The molecular weight excluding hydrogens is 308 g/mol. The maximum atomic E-state index is 11.8. The molecule has 3 amide bonds. The Hall–Kier alpha value is -1.34. The molecule has 7 heteroatoms. The van der Waals surface area contributed by atoms with Crippen molar-refractivity contribution in [3.8, 4) is 0 Å². The van der Waals surface area contributed by atoms with Crippen LogP contribution in [0.3, 0.4) is 0 Å². The second kappa shape index (κ2) is 9.84. The summed E-state index contributed by atoms with van der Waals surface area (Å²) in [4.78, 5) is 27.6. The predicted molar refractivity (Wildman–Crippen MR) is 92.9 cm³/mol. The zero-order valence-electron chi connectivity index (χ0n) is 15.1. The smallest absolute Gasteiger partial charge is 0.314 e. The largest absolute Gasteiger partial charge is 0.374 e. The third-order valence-electron chi connectivity index (χ3n) is 4.40. The Morgan fingerprint density at radius 1 is 1.33 bits per heavy atom. The predicted octanol–water partition coefficient (Wildman–Crippen LogP) is 0.655. The Kier molecular flexibility index (Phi) is 7.78. The van der Waals surface area contributed by atoms with Crippen molar-refractivity contribution in [2.75, 3.05) is 52.4 Å². The second-order valence-electron chi connectivity index (χ2n) is 7.12. The highest BCUT2D eigenvalue weighted by Crippen LogP contribution is 2.09. The van der Waals surface area contributed by atoms with Gasteiger partial charge in [-0.2, -0.15) is 0 Å². The number of urea groups is 1. The molecule has 2 fully saturated rings. The molecule has 0 saturated carbocycles. The molecule has 2 aliphatic rings. The van der Waals surface area contributed by atoms with Crippen LogP contribution in [0.4, 0.5) is 4.79 Å². The fraction of sp³-hybridized carbons (Fsp3) is 0.882. The minimum atomic E-state index is -0.160. The molecule has 138 valence electrons.